The topological polar surface area (TPSA) is 64.1 Å². The van der Waals surface area contributed by atoms with Gasteiger partial charge >= 0.3 is 0 Å². The summed E-state index contributed by atoms with van der Waals surface area (Å²) in [5.41, 5.74) is 3.27. The number of nitrogens with one attached hydrogen (secondary N) is 2. The molecule has 166 valence electrons. The summed E-state index contributed by atoms with van der Waals surface area (Å²) in [5.74, 6) is 3.07. The first-order valence-electron chi connectivity index (χ1n) is 9.65. The van der Waals surface area contributed by atoms with Crippen molar-refractivity contribution in [3.05, 3.63) is 53.1 Å². The highest BCUT2D eigenvalue weighted by atomic mass is 127. The molecule has 0 heterocycles. The van der Waals surface area contributed by atoms with E-state index >= 15 is 0 Å². The van der Waals surface area contributed by atoms with Crippen molar-refractivity contribution in [2.24, 2.45) is 4.99 Å². The molecule has 2 aromatic rings. The van der Waals surface area contributed by atoms with E-state index in [9.17, 15) is 0 Å². The highest BCUT2D eigenvalue weighted by Gasteiger charge is 2.22. The van der Waals surface area contributed by atoms with Gasteiger partial charge in [-0.1, -0.05) is 32.0 Å². The minimum atomic E-state index is -0.140. The van der Waals surface area contributed by atoms with Crippen molar-refractivity contribution in [1.29, 1.82) is 0 Å². The minimum absolute atomic E-state index is 0. The maximum atomic E-state index is 5.48. The summed E-state index contributed by atoms with van der Waals surface area (Å²) in [6.07, 6.45) is 0. The van der Waals surface area contributed by atoms with Crippen LogP contribution in [0.4, 0.5) is 0 Å². The first-order chi connectivity index (χ1) is 13.8. The van der Waals surface area contributed by atoms with Gasteiger partial charge in [0.2, 0.25) is 0 Å². The summed E-state index contributed by atoms with van der Waals surface area (Å²) in [4.78, 5) is 4.34. The van der Waals surface area contributed by atoms with E-state index in [2.05, 4.69) is 54.6 Å². The smallest absolute Gasteiger partial charge is 0.191 e. The molecule has 2 aromatic carbocycles. The predicted molar refractivity (Wildman–Crippen MR) is 134 cm³/mol. The number of rotatable bonds is 8. The summed E-state index contributed by atoms with van der Waals surface area (Å²) in [5, 5.41) is 6.78. The van der Waals surface area contributed by atoms with Crippen LogP contribution < -0.4 is 24.8 Å². The molecule has 7 heteroatoms. The molecule has 0 aliphatic carbocycles. The zero-order valence-electron chi connectivity index (χ0n) is 19.0. The summed E-state index contributed by atoms with van der Waals surface area (Å²) in [7, 11) is 6.75. The van der Waals surface area contributed by atoms with Crippen molar-refractivity contribution in [3.8, 4) is 17.2 Å². The Morgan fingerprint density at radius 3 is 2.17 bits per heavy atom. The number of halogens is 1. The van der Waals surface area contributed by atoms with E-state index in [1.54, 1.807) is 28.4 Å². The van der Waals surface area contributed by atoms with Crippen molar-refractivity contribution < 1.29 is 14.2 Å². The van der Waals surface area contributed by atoms with Crippen LogP contribution in [0.2, 0.25) is 0 Å². The molecule has 0 atom stereocenters. The number of methoxy groups -OCH3 is 3. The van der Waals surface area contributed by atoms with Gasteiger partial charge < -0.3 is 24.8 Å². The molecule has 6 nitrogen and oxygen atoms in total. The molecule has 0 amide bonds. The molecule has 2 rings (SSSR count). The molecule has 0 bridgehead atoms. The fraction of sp³-hybridized carbons (Fsp3) is 0.435. The average Bonchev–Trinajstić information content (AvgIpc) is 2.73. The minimum Gasteiger partial charge on any atom is -0.496 e. The largest absolute Gasteiger partial charge is 0.496 e. The van der Waals surface area contributed by atoms with Gasteiger partial charge in [0.05, 0.1) is 21.3 Å². The summed E-state index contributed by atoms with van der Waals surface area (Å²) in [6, 6.07) is 12.2. The van der Waals surface area contributed by atoms with Gasteiger partial charge in [0.25, 0.3) is 0 Å². The molecule has 0 fully saturated rings. The van der Waals surface area contributed by atoms with Gasteiger partial charge in [-0.05, 0) is 36.2 Å². The molecular weight excluding hydrogens is 493 g/mol. The van der Waals surface area contributed by atoms with Crippen LogP contribution in [0.3, 0.4) is 0 Å². The summed E-state index contributed by atoms with van der Waals surface area (Å²) >= 11 is 0. The Morgan fingerprint density at radius 1 is 0.900 bits per heavy atom. The maximum Gasteiger partial charge on any atom is 0.191 e. The Labute approximate surface area is 197 Å². The van der Waals surface area contributed by atoms with Crippen molar-refractivity contribution in [2.45, 2.75) is 32.7 Å². The third-order valence-electron chi connectivity index (χ3n) is 4.98. The van der Waals surface area contributed by atoms with Crippen LogP contribution in [0.15, 0.2) is 41.4 Å². The Balaban J connectivity index is 0.00000450. The van der Waals surface area contributed by atoms with Gasteiger partial charge in [-0.2, -0.15) is 0 Å². The zero-order chi connectivity index (χ0) is 21.4. The monoisotopic (exact) mass is 527 g/mol. The van der Waals surface area contributed by atoms with E-state index in [1.807, 2.05) is 18.2 Å². The molecule has 30 heavy (non-hydrogen) atoms. The van der Waals surface area contributed by atoms with Crippen LogP contribution in [-0.2, 0) is 12.0 Å². The number of aliphatic imine (C=N–C) groups is 1. The van der Waals surface area contributed by atoms with Gasteiger partial charge in [0.1, 0.15) is 5.75 Å². The van der Waals surface area contributed by atoms with Crippen LogP contribution in [0.5, 0.6) is 17.2 Å². The number of nitrogens with zero attached hydrogens (tertiary/aromatic N) is 1. The number of ether oxygens (including phenoxy) is 3. The Bertz CT molecular complexity index is 854. The second-order valence-corrected chi connectivity index (χ2v) is 7.55. The lowest BCUT2D eigenvalue weighted by molar-refractivity contribution is 0.353. The standard InChI is InChI=1S/C23H33N3O3.HI/c1-16-8-9-17(20(12-16)28-6)14-25-22(24-4)26-15-23(2,3)18-10-11-19(27-5)21(13-18)29-7;/h8-13H,14-15H2,1-7H3,(H2,24,25,26);1H. The van der Waals surface area contributed by atoms with Crippen LogP contribution >= 0.6 is 24.0 Å². The van der Waals surface area contributed by atoms with Gasteiger partial charge in [0, 0.05) is 31.1 Å². The number of hydrogen-bond acceptors (Lipinski definition) is 4. The molecule has 0 saturated carbocycles. The highest BCUT2D eigenvalue weighted by molar-refractivity contribution is 14.0. The van der Waals surface area contributed by atoms with Crippen molar-refractivity contribution in [2.75, 3.05) is 34.9 Å². The second-order valence-electron chi connectivity index (χ2n) is 7.55. The number of aryl methyl sites for hydroxylation is 1. The average molecular weight is 527 g/mol. The fourth-order valence-corrected chi connectivity index (χ4v) is 3.06. The predicted octanol–water partition coefficient (Wildman–Crippen LogP) is 4.28. The van der Waals surface area contributed by atoms with Gasteiger partial charge in [-0.3, -0.25) is 4.99 Å². The van der Waals surface area contributed by atoms with E-state index in [-0.39, 0.29) is 29.4 Å². The maximum absolute atomic E-state index is 5.48. The third-order valence-corrected chi connectivity index (χ3v) is 4.98. The van der Waals surface area contributed by atoms with Crippen LogP contribution in [0.1, 0.15) is 30.5 Å². The van der Waals surface area contributed by atoms with Crippen molar-refractivity contribution >= 4 is 29.9 Å². The Morgan fingerprint density at radius 2 is 1.57 bits per heavy atom. The van der Waals surface area contributed by atoms with Crippen LogP contribution in [0, 0.1) is 6.92 Å². The SMILES string of the molecule is CN=C(NCc1ccc(C)cc1OC)NCC(C)(C)c1ccc(OC)c(OC)c1.I. The van der Waals surface area contributed by atoms with Gasteiger partial charge in [0.15, 0.2) is 17.5 Å². The molecule has 0 saturated heterocycles. The first-order valence-corrected chi connectivity index (χ1v) is 9.65. The van der Waals surface area contributed by atoms with Crippen LogP contribution in [0.25, 0.3) is 0 Å². The first kappa shape index (κ1) is 25.9. The molecule has 2 N–H and O–H groups in total. The van der Waals surface area contributed by atoms with Gasteiger partial charge in [-0.15, -0.1) is 24.0 Å². The fourth-order valence-electron chi connectivity index (χ4n) is 3.06. The van der Waals surface area contributed by atoms with Crippen molar-refractivity contribution in [1.82, 2.24) is 10.6 Å². The molecule has 0 unspecified atom stereocenters. The number of benzene rings is 2. The van der Waals surface area contributed by atoms with E-state index in [4.69, 9.17) is 14.2 Å². The molecule has 0 radical (unpaired) electrons. The highest BCUT2D eigenvalue weighted by Crippen LogP contribution is 2.32. The van der Waals surface area contributed by atoms with E-state index in [1.165, 1.54) is 5.56 Å². The summed E-state index contributed by atoms with van der Waals surface area (Å²) < 4.78 is 16.3. The van der Waals surface area contributed by atoms with E-state index in [0.29, 0.717) is 13.1 Å². The lowest BCUT2D eigenvalue weighted by Crippen LogP contribution is -2.43. The third kappa shape index (κ3) is 6.68. The Kier molecular flexibility index (Phi) is 10.2. The lowest BCUT2D eigenvalue weighted by atomic mass is 9.84. The molecular formula is C23H34IN3O3. The summed E-state index contributed by atoms with van der Waals surface area (Å²) in [6.45, 7) is 7.73. The quantitative estimate of drug-likeness (QED) is 0.305. The van der Waals surface area contributed by atoms with E-state index < -0.39 is 0 Å². The van der Waals surface area contributed by atoms with Crippen molar-refractivity contribution in [3.63, 3.8) is 0 Å². The molecule has 0 spiro atoms. The molecule has 0 aliphatic rings. The second kappa shape index (κ2) is 11.9. The molecule has 0 aliphatic heterocycles. The lowest BCUT2D eigenvalue weighted by Gasteiger charge is -2.27. The molecule has 0 aromatic heterocycles. The zero-order valence-corrected chi connectivity index (χ0v) is 21.3. The number of guanidine groups is 1. The van der Waals surface area contributed by atoms with E-state index in [0.717, 1.165) is 34.3 Å². The Hall–Kier alpha value is -2.16. The van der Waals surface area contributed by atoms with Gasteiger partial charge in [-0.25, -0.2) is 0 Å². The normalized spacial score (nSPS) is 11.4. The van der Waals surface area contributed by atoms with Crippen LogP contribution in [-0.4, -0.2) is 40.9 Å². The number of hydrogen-bond donors (Lipinski definition) is 2.